The van der Waals surface area contributed by atoms with Crippen LogP contribution < -0.4 is 0 Å². The van der Waals surface area contributed by atoms with Crippen molar-refractivity contribution in [2.45, 2.75) is 6.92 Å². The molecule has 1 aliphatic rings. The van der Waals surface area contributed by atoms with Gasteiger partial charge in [-0.3, -0.25) is 9.59 Å². The van der Waals surface area contributed by atoms with Crippen LogP contribution in [0, 0.1) is 6.92 Å². The predicted molar refractivity (Wildman–Crippen MR) is 74.4 cm³/mol. The highest BCUT2D eigenvalue weighted by molar-refractivity contribution is 6.27. The van der Waals surface area contributed by atoms with E-state index in [1.807, 2.05) is 31.2 Å². The Bertz CT molecular complexity index is 482. The summed E-state index contributed by atoms with van der Waals surface area (Å²) in [6.45, 7) is 4.18. The smallest absolute Gasteiger partial charge is 0.254 e. The summed E-state index contributed by atoms with van der Waals surface area (Å²) in [5, 5.41) is 0. The Morgan fingerprint density at radius 1 is 1.11 bits per heavy atom. The minimum Gasteiger partial charge on any atom is -0.338 e. The molecular weight excluding hydrogens is 264 g/mol. The summed E-state index contributed by atoms with van der Waals surface area (Å²) in [4.78, 5) is 27.3. The molecule has 1 aromatic carbocycles. The van der Waals surface area contributed by atoms with E-state index in [9.17, 15) is 9.59 Å². The molecule has 0 radical (unpaired) electrons. The summed E-state index contributed by atoms with van der Waals surface area (Å²) in [6, 6.07) is 7.56. The fourth-order valence-electron chi connectivity index (χ4n) is 2.23. The van der Waals surface area contributed by atoms with Crippen LogP contribution in [-0.4, -0.2) is 53.7 Å². The van der Waals surface area contributed by atoms with E-state index in [1.165, 1.54) is 0 Å². The number of piperazine rings is 1. The molecule has 2 rings (SSSR count). The number of alkyl halides is 1. The van der Waals surface area contributed by atoms with Crippen molar-refractivity contribution >= 4 is 23.4 Å². The number of hydrogen-bond donors (Lipinski definition) is 0. The van der Waals surface area contributed by atoms with Gasteiger partial charge in [0.1, 0.15) is 5.88 Å². The maximum atomic E-state index is 12.4. The van der Waals surface area contributed by atoms with E-state index >= 15 is 0 Å². The highest BCUT2D eigenvalue weighted by Gasteiger charge is 2.24. The topological polar surface area (TPSA) is 40.6 Å². The second kappa shape index (κ2) is 6.06. The number of carbonyl (C=O) groups is 2. The van der Waals surface area contributed by atoms with Crippen molar-refractivity contribution in [1.82, 2.24) is 9.80 Å². The molecule has 1 aliphatic heterocycles. The van der Waals surface area contributed by atoms with Gasteiger partial charge in [-0.1, -0.05) is 18.2 Å². The Labute approximate surface area is 117 Å². The van der Waals surface area contributed by atoms with Crippen LogP contribution in [0.25, 0.3) is 0 Å². The average molecular weight is 281 g/mol. The number of hydrogen-bond acceptors (Lipinski definition) is 2. The van der Waals surface area contributed by atoms with E-state index in [-0.39, 0.29) is 17.7 Å². The molecule has 0 aromatic heterocycles. The first-order chi connectivity index (χ1) is 9.13. The standard InChI is InChI=1S/C14H17ClN2O2/c1-11-4-2-3-5-12(11)14(19)17-8-6-16(7-9-17)13(18)10-15/h2-5H,6-10H2,1H3. The second-order valence-electron chi connectivity index (χ2n) is 4.62. The van der Waals surface area contributed by atoms with Crippen molar-refractivity contribution in [2.75, 3.05) is 32.1 Å². The Kier molecular flexibility index (Phi) is 4.43. The van der Waals surface area contributed by atoms with Crippen LogP contribution >= 0.6 is 11.6 Å². The predicted octanol–water partition coefficient (Wildman–Crippen LogP) is 1.52. The van der Waals surface area contributed by atoms with Gasteiger partial charge < -0.3 is 9.80 Å². The first-order valence-corrected chi connectivity index (χ1v) is 6.85. The molecule has 0 atom stereocenters. The van der Waals surface area contributed by atoms with Crippen LogP contribution in [0.4, 0.5) is 0 Å². The molecule has 1 fully saturated rings. The van der Waals surface area contributed by atoms with Crippen LogP contribution in [0.3, 0.4) is 0 Å². The SMILES string of the molecule is Cc1ccccc1C(=O)N1CCN(C(=O)CCl)CC1. The van der Waals surface area contributed by atoms with Crippen molar-refractivity contribution in [3.05, 3.63) is 35.4 Å². The highest BCUT2D eigenvalue weighted by atomic mass is 35.5. The van der Waals surface area contributed by atoms with Gasteiger partial charge in [0.15, 0.2) is 0 Å². The highest BCUT2D eigenvalue weighted by Crippen LogP contribution is 2.12. The van der Waals surface area contributed by atoms with E-state index in [0.717, 1.165) is 11.1 Å². The Morgan fingerprint density at radius 3 is 2.26 bits per heavy atom. The summed E-state index contributed by atoms with van der Waals surface area (Å²) in [5.41, 5.74) is 1.71. The molecule has 0 saturated carbocycles. The summed E-state index contributed by atoms with van der Waals surface area (Å²) < 4.78 is 0. The largest absolute Gasteiger partial charge is 0.338 e. The molecule has 0 aliphatic carbocycles. The van der Waals surface area contributed by atoms with Gasteiger partial charge in [-0.15, -0.1) is 11.6 Å². The van der Waals surface area contributed by atoms with E-state index < -0.39 is 0 Å². The molecule has 0 unspecified atom stereocenters. The second-order valence-corrected chi connectivity index (χ2v) is 4.89. The van der Waals surface area contributed by atoms with E-state index in [0.29, 0.717) is 26.2 Å². The van der Waals surface area contributed by atoms with Crippen LogP contribution in [0.15, 0.2) is 24.3 Å². The molecule has 1 saturated heterocycles. The lowest BCUT2D eigenvalue weighted by atomic mass is 10.1. The van der Waals surface area contributed by atoms with Gasteiger partial charge in [0, 0.05) is 31.7 Å². The zero-order valence-corrected chi connectivity index (χ0v) is 11.7. The Hall–Kier alpha value is -1.55. The zero-order chi connectivity index (χ0) is 13.8. The van der Waals surface area contributed by atoms with Gasteiger partial charge in [-0.05, 0) is 18.6 Å². The van der Waals surface area contributed by atoms with Gasteiger partial charge in [0.2, 0.25) is 5.91 Å². The van der Waals surface area contributed by atoms with Crippen LogP contribution in [0.2, 0.25) is 0 Å². The molecule has 4 nitrogen and oxygen atoms in total. The Morgan fingerprint density at radius 2 is 1.68 bits per heavy atom. The number of rotatable bonds is 2. The van der Waals surface area contributed by atoms with Gasteiger partial charge in [-0.2, -0.15) is 0 Å². The fourth-order valence-corrected chi connectivity index (χ4v) is 2.40. The number of aryl methyl sites for hydroxylation is 1. The molecule has 0 N–H and O–H groups in total. The normalized spacial score (nSPS) is 15.5. The third-order valence-corrected chi connectivity index (χ3v) is 3.64. The van der Waals surface area contributed by atoms with Crippen molar-refractivity contribution in [3.63, 3.8) is 0 Å². The lowest BCUT2D eigenvalue weighted by Crippen LogP contribution is -2.51. The lowest BCUT2D eigenvalue weighted by Gasteiger charge is -2.34. The molecule has 19 heavy (non-hydrogen) atoms. The number of amides is 2. The summed E-state index contributed by atoms with van der Waals surface area (Å²) in [6.07, 6.45) is 0. The van der Waals surface area contributed by atoms with Gasteiger partial charge in [0.25, 0.3) is 5.91 Å². The monoisotopic (exact) mass is 280 g/mol. The van der Waals surface area contributed by atoms with Crippen LogP contribution in [-0.2, 0) is 4.79 Å². The first kappa shape index (κ1) is 13.9. The summed E-state index contributed by atoms with van der Waals surface area (Å²) in [5.74, 6) is -0.0214. The summed E-state index contributed by atoms with van der Waals surface area (Å²) in [7, 11) is 0. The molecule has 1 aromatic rings. The number of carbonyl (C=O) groups excluding carboxylic acids is 2. The minimum atomic E-state index is -0.0651. The fraction of sp³-hybridized carbons (Fsp3) is 0.429. The van der Waals surface area contributed by atoms with Gasteiger partial charge in [0.05, 0.1) is 0 Å². The molecule has 2 amide bonds. The van der Waals surface area contributed by atoms with Gasteiger partial charge >= 0.3 is 0 Å². The Balaban J connectivity index is 2.00. The zero-order valence-electron chi connectivity index (χ0n) is 10.9. The average Bonchev–Trinajstić information content (AvgIpc) is 2.46. The first-order valence-electron chi connectivity index (χ1n) is 6.32. The van der Waals surface area contributed by atoms with Crippen molar-refractivity contribution in [3.8, 4) is 0 Å². The van der Waals surface area contributed by atoms with E-state index in [2.05, 4.69) is 0 Å². The molecule has 0 bridgehead atoms. The maximum Gasteiger partial charge on any atom is 0.254 e. The molecule has 5 heteroatoms. The molecule has 102 valence electrons. The van der Waals surface area contributed by atoms with Crippen LogP contribution in [0.5, 0.6) is 0 Å². The van der Waals surface area contributed by atoms with E-state index in [4.69, 9.17) is 11.6 Å². The molecule has 1 heterocycles. The lowest BCUT2D eigenvalue weighted by molar-refractivity contribution is -0.129. The third kappa shape index (κ3) is 3.07. The number of benzene rings is 1. The van der Waals surface area contributed by atoms with Crippen molar-refractivity contribution in [2.24, 2.45) is 0 Å². The maximum absolute atomic E-state index is 12.4. The molecular formula is C14H17ClN2O2. The van der Waals surface area contributed by atoms with E-state index in [1.54, 1.807) is 9.80 Å². The minimum absolute atomic E-state index is 0.00569. The third-order valence-electron chi connectivity index (χ3n) is 3.41. The van der Waals surface area contributed by atoms with Crippen LogP contribution in [0.1, 0.15) is 15.9 Å². The van der Waals surface area contributed by atoms with Gasteiger partial charge in [-0.25, -0.2) is 0 Å². The number of halogens is 1. The molecule has 0 spiro atoms. The summed E-state index contributed by atoms with van der Waals surface area (Å²) >= 11 is 5.53. The quantitative estimate of drug-likeness (QED) is 0.771. The van der Waals surface area contributed by atoms with Crippen molar-refractivity contribution < 1.29 is 9.59 Å². The van der Waals surface area contributed by atoms with Crippen molar-refractivity contribution in [1.29, 1.82) is 0 Å². The number of nitrogens with zero attached hydrogens (tertiary/aromatic N) is 2.